The number of aliphatic hydroxyl groups excluding tert-OH is 1. The van der Waals surface area contributed by atoms with Gasteiger partial charge in [-0.3, -0.25) is 19.2 Å². The minimum atomic E-state index is -1.43. The van der Waals surface area contributed by atoms with E-state index in [2.05, 4.69) is 5.32 Å². The van der Waals surface area contributed by atoms with Crippen LogP contribution in [-0.4, -0.2) is 77.7 Å². The number of carbonyl (C=O) groups excluding carboxylic acids is 4. The lowest BCUT2D eigenvalue weighted by atomic mass is 9.77. The van der Waals surface area contributed by atoms with Gasteiger partial charge in [0, 0.05) is 31.8 Å². The predicted molar refractivity (Wildman–Crippen MR) is 174 cm³/mol. The molecular weight excluding hydrogens is 598 g/mol. The normalized spacial score (nSPS) is 30.0. The molecule has 4 aliphatic heterocycles. The van der Waals surface area contributed by atoms with Gasteiger partial charge in [0.15, 0.2) is 0 Å². The van der Waals surface area contributed by atoms with E-state index in [1.165, 1.54) is 4.90 Å². The highest BCUT2D eigenvalue weighted by Crippen LogP contribution is 2.53. The molecule has 4 aliphatic rings. The van der Waals surface area contributed by atoms with E-state index >= 15 is 0 Å². The molecule has 0 radical (unpaired) electrons. The summed E-state index contributed by atoms with van der Waals surface area (Å²) in [5.74, 6) is -3.47. The van der Waals surface area contributed by atoms with Crippen LogP contribution in [0.5, 0.6) is 0 Å². The summed E-state index contributed by atoms with van der Waals surface area (Å²) in [6, 6.07) is 21.2. The summed E-state index contributed by atoms with van der Waals surface area (Å²) in [6.45, 7) is 0.148. The molecule has 0 aliphatic carbocycles. The number of benzene rings is 3. The highest BCUT2D eigenvalue weighted by Gasteiger charge is 2.71. The van der Waals surface area contributed by atoms with Gasteiger partial charge in [0.25, 0.3) is 5.91 Å². The van der Waals surface area contributed by atoms with Crippen molar-refractivity contribution in [2.24, 2.45) is 11.8 Å². The van der Waals surface area contributed by atoms with Crippen LogP contribution >= 0.6 is 0 Å². The summed E-state index contributed by atoms with van der Waals surface area (Å²) in [7, 11) is 0. The number of carbonyl (C=O) groups is 4. The minimum Gasteiger partial charge on any atom is -0.463 e. The summed E-state index contributed by atoms with van der Waals surface area (Å²) in [4.78, 5) is 59.1. The van der Waals surface area contributed by atoms with Gasteiger partial charge in [-0.15, -0.1) is 0 Å². The first-order chi connectivity index (χ1) is 22.9. The van der Waals surface area contributed by atoms with Gasteiger partial charge >= 0.3 is 5.97 Å². The number of aliphatic hydroxyl groups is 1. The number of hydrogen-bond acceptors (Lipinski definition) is 7. The Labute approximate surface area is 272 Å². The molecular formula is C37H37N3O7. The van der Waals surface area contributed by atoms with Crippen LogP contribution in [0.2, 0.25) is 0 Å². The summed E-state index contributed by atoms with van der Waals surface area (Å²) < 4.78 is 12.3. The minimum absolute atomic E-state index is 0.0648. The monoisotopic (exact) mass is 635 g/mol. The summed E-state index contributed by atoms with van der Waals surface area (Å²) in [5, 5.41) is 14.8. The average Bonchev–Trinajstić information content (AvgIpc) is 3.47. The number of rotatable bonds is 5. The van der Waals surface area contributed by atoms with Crippen LogP contribution in [-0.2, 0) is 28.7 Å². The van der Waals surface area contributed by atoms with Crippen molar-refractivity contribution in [3.63, 3.8) is 0 Å². The second-order valence-corrected chi connectivity index (χ2v) is 12.5. The zero-order chi connectivity index (χ0) is 32.5. The molecule has 10 nitrogen and oxygen atoms in total. The largest absolute Gasteiger partial charge is 0.463 e. The highest BCUT2D eigenvalue weighted by atomic mass is 16.5. The molecule has 3 amide bonds. The Morgan fingerprint density at radius 3 is 2.51 bits per heavy atom. The van der Waals surface area contributed by atoms with Gasteiger partial charge in [0.05, 0.1) is 24.0 Å². The molecule has 2 saturated heterocycles. The second kappa shape index (κ2) is 12.8. The molecule has 0 saturated carbocycles. The lowest BCUT2D eigenvalue weighted by Crippen LogP contribution is -2.55. The number of fused-ring (bicyclic) bond motifs is 3. The molecule has 3 aromatic carbocycles. The van der Waals surface area contributed by atoms with Crippen molar-refractivity contribution >= 4 is 40.2 Å². The lowest BCUT2D eigenvalue weighted by Gasteiger charge is -2.35. The Hall–Kier alpha value is -4.80. The van der Waals surface area contributed by atoms with Crippen molar-refractivity contribution in [2.75, 3.05) is 31.2 Å². The first-order valence-corrected chi connectivity index (χ1v) is 16.2. The van der Waals surface area contributed by atoms with Crippen molar-refractivity contribution in [1.82, 2.24) is 10.2 Å². The van der Waals surface area contributed by atoms with Gasteiger partial charge in [-0.25, -0.2) is 0 Å². The Morgan fingerprint density at radius 1 is 0.915 bits per heavy atom. The molecule has 4 heterocycles. The number of nitrogens with zero attached hydrogens (tertiary/aromatic N) is 2. The number of allylic oxidation sites excluding steroid dienone is 1. The quantitative estimate of drug-likeness (QED) is 0.325. The maximum Gasteiger partial charge on any atom is 0.306 e. The number of cyclic esters (lactones) is 1. The zero-order valence-corrected chi connectivity index (χ0v) is 25.9. The van der Waals surface area contributed by atoms with Crippen molar-refractivity contribution in [3.8, 4) is 0 Å². The highest BCUT2D eigenvalue weighted by molar-refractivity contribution is 6.06. The molecule has 7 rings (SSSR count). The summed E-state index contributed by atoms with van der Waals surface area (Å²) >= 11 is 0. The molecule has 242 valence electrons. The van der Waals surface area contributed by atoms with Crippen LogP contribution in [0.3, 0.4) is 0 Å². The van der Waals surface area contributed by atoms with Gasteiger partial charge in [-0.05, 0) is 41.3 Å². The first kappa shape index (κ1) is 30.8. The van der Waals surface area contributed by atoms with Crippen LogP contribution in [0.25, 0.3) is 10.8 Å². The van der Waals surface area contributed by atoms with Crippen LogP contribution in [0.1, 0.15) is 30.9 Å². The van der Waals surface area contributed by atoms with Crippen molar-refractivity contribution in [2.45, 2.75) is 43.1 Å². The summed E-state index contributed by atoms with van der Waals surface area (Å²) in [6.07, 6.45) is 7.09. The first-order valence-electron chi connectivity index (χ1n) is 16.2. The fourth-order valence-corrected chi connectivity index (χ4v) is 7.50. The molecule has 0 unspecified atom stereocenters. The van der Waals surface area contributed by atoms with E-state index in [0.29, 0.717) is 12.1 Å². The Balaban J connectivity index is 1.29. The topological polar surface area (TPSA) is 125 Å². The molecule has 0 aromatic heterocycles. The van der Waals surface area contributed by atoms with Crippen LogP contribution in [0, 0.1) is 11.8 Å². The number of likely N-dealkylation sites (tertiary alicyclic amines) is 1. The molecule has 6 atom stereocenters. The number of ether oxygens (including phenoxy) is 2. The number of esters is 1. The van der Waals surface area contributed by atoms with Crippen LogP contribution in [0.4, 0.5) is 5.69 Å². The van der Waals surface area contributed by atoms with E-state index in [1.54, 1.807) is 23.1 Å². The van der Waals surface area contributed by atoms with E-state index in [4.69, 9.17) is 9.47 Å². The summed E-state index contributed by atoms with van der Waals surface area (Å²) in [5.41, 5.74) is 0.00847. The fraction of sp³-hybridized carbons (Fsp3) is 0.351. The van der Waals surface area contributed by atoms with Crippen molar-refractivity contribution in [3.05, 3.63) is 103 Å². The smallest absolute Gasteiger partial charge is 0.306 e. The molecule has 2 N–H and O–H groups in total. The maximum atomic E-state index is 14.7. The third-order valence-electron chi connectivity index (χ3n) is 9.67. The van der Waals surface area contributed by atoms with Gasteiger partial charge < -0.3 is 29.7 Å². The predicted octanol–water partition coefficient (Wildman–Crippen LogP) is 3.46. The Kier molecular flexibility index (Phi) is 8.38. The van der Waals surface area contributed by atoms with E-state index in [0.717, 1.165) is 16.3 Å². The molecule has 1 spiro atoms. The molecule has 47 heavy (non-hydrogen) atoms. The van der Waals surface area contributed by atoms with E-state index in [1.807, 2.05) is 78.9 Å². The lowest BCUT2D eigenvalue weighted by molar-refractivity contribution is -0.146. The fourth-order valence-electron chi connectivity index (χ4n) is 7.50. The van der Waals surface area contributed by atoms with Crippen molar-refractivity contribution in [1.29, 1.82) is 0 Å². The van der Waals surface area contributed by atoms with Gasteiger partial charge in [0.2, 0.25) is 11.8 Å². The molecule has 10 heteroatoms. The number of nitrogens with one attached hydrogen (secondary N) is 1. The number of hydrogen-bond donors (Lipinski definition) is 2. The average molecular weight is 636 g/mol. The maximum absolute atomic E-state index is 14.7. The van der Waals surface area contributed by atoms with Crippen LogP contribution in [0.15, 0.2) is 97.1 Å². The van der Waals surface area contributed by atoms with E-state index in [9.17, 15) is 24.3 Å². The van der Waals surface area contributed by atoms with Gasteiger partial charge in [-0.1, -0.05) is 85.0 Å². The molecule has 2 fully saturated rings. The van der Waals surface area contributed by atoms with Gasteiger partial charge in [-0.2, -0.15) is 0 Å². The Bertz CT molecular complexity index is 1760. The van der Waals surface area contributed by atoms with E-state index in [-0.39, 0.29) is 56.9 Å². The Morgan fingerprint density at radius 2 is 1.70 bits per heavy atom. The number of amides is 3. The standard InChI is InChI=1S/C37H37N3O7/c41-21-9-20-40-33-36(45)39(27-17-16-24-10-4-5-13-26(24)22-27)19-8-18-37(33)32(35(40)44)31-29(47-37)14-6-7-15-30(42)46-23-28(38-34(31)43)25-11-2-1-3-12-25/h1-6,8,10-14,16-18,22,28-29,31-33,41H,7,9,15,19-21,23H2,(H,38,43)/b14-6-/t28-,29+,31-,32-,33+,37-/m0/s1. The van der Waals surface area contributed by atoms with Gasteiger partial charge in [0.1, 0.15) is 18.2 Å². The number of anilines is 1. The molecule has 0 bridgehead atoms. The third kappa shape index (κ3) is 5.51. The van der Waals surface area contributed by atoms with E-state index < -0.39 is 41.5 Å². The van der Waals surface area contributed by atoms with Crippen molar-refractivity contribution < 1.29 is 33.8 Å². The SMILES string of the molecule is O=C1CC/C=C\[C@H]2O[C@]34C=CCN(c5ccc6ccccc6c5)C(=O)[C@H]3N(CCCO)C(=O)[C@@H]4[C@H]2C(=O)N[C@H](c2ccccc2)CO1. The molecule has 3 aromatic rings. The zero-order valence-electron chi connectivity index (χ0n) is 25.9. The second-order valence-electron chi connectivity index (χ2n) is 12.5. The van der Waals surface area contributed by atoms with Crippen LogP contribution < -0.4 is 10.2 Å². The third-order valence-corrected chi connectivity index (χ3v) is 9.67.